The Morgan fingerprint density at radius 2 is 1.86 bits per heavy atom. The minimum absolute atomic E-state index is 0.222. The summed E-state index contributed by atoms with van der Waals surface area (Å²) in [5.74, 6) is 0. The van der Waals surface area contributed by atoms with Gasteiger partial charge in [0.05, 0.1) is 0 Å². The molecule has 7 heavy (non-hydrogen) atoms. The van der Waals surface area contributed by atoms with Crippen molar-refractivity contribution in [2.24, 2.45) is 0 Å². The molecule has 0 aromatic carbocycles. The Morgan fingerprint density at radius 1 is 1.43 bits per heavy atom. The fourth-order valence-electron chi connectivity index (χ4n) is 0.450. The van der Waals surface area contributed by atoms with Gasteiger partial charge >= 0.3 is 0 Å². The molecular formula is C4H8N2S. The summed E-state index contributed by atoms with van der Waals surface area (Å²) in [5.41, 5.74) is 0. The molecule has 0 aromatic rings. The van der Waals surface area contributed by atoms with Crippen LogP contribution in [-0.4, -0.2) is 4.99 Å². The van der Waals surface area contributed by atoms with E-state index in [0.29, 0.717) is 0 Å². The van der Waals surface area contributed by atoms with Crippen LogP contribution in [0.15, 0.2) is 12.4 Å². The van der Waals surface area contributed by atoms with Crippen molar-refractivity contribution in [3.8, 4) is 0 Å². The third-order valence-corrected chi connectivity index (χ3v) is 1.07. The summed E-state index contributed by atoms with van der Waals surface area (Å²) in [7, 11) is 0. The fourth-order valence-corrected chi connectivity index (χ4v) is 0.599. The molecule has 0 aliphatic carbocycles. The van der Waals surface area contributed by atoms with Crippen molar-refractivity contribution in [3.63, 3.8) is 0 Å². The molecule has 2 N–H and O–H groups in total. The first-order valence-electron chi connectivity index (χ1n) is 2.13. The quantitative estimate of drug-likeness (QED) is 0.395. The molecule has 3 heteroatoms. The molecule has 40 valence electrons. The van der Waals surface area contributed by atoms with E-state index in [1.165, 1.54) is 0 Å². The zero-order chi connectivity index (χ0) is 5.33. The maximum absolute atomic E-state index is 4.16. The summed E-state index contributed by atoms with van der Waals surface area (Å²) in [6.45, 7) is 1.94. The van der Waals surface area contributed by atoms with Gasteiger partial charge in [-0.3, -0.25) is 0 Å². The third-order valence-electron chi connectivity index (χ3n) is 0.812. The average Bonchev–Trinajstić information content (AvgIpc) is 1.84. The van der Waals surface area contributed by atoms with Crippen LogP contribution in [-0.2, 0) is 0 Å². The van der Waals surface area contributed by atoms with Gasteiger partial charge in [0.15, 0.2) is 0 Å². The highest BCUT2D eigenvalue weighted by molar-refractivity contribution is 7.81. The molecule has 0 amide bonds. The molecular weight excluding hydrogens is 108 g/mol. The van der Waals surface area contributed by atoms with Crippen molar-refractivity contribution >= 4 is 12.6 Å². The van der Waals surface area contributed by atoms with Crippen LogP contribution in [0, 0.1) is 0 Å². The molecule has 0 fully saturated rings. The molecule has 1 rings (SSSR count). The van der Waals surface area contributed by atoms with E-state index in [4.69, 9.17) is 0 Å². The summed E-state index contributed by atoms with van der Waals surface area (Å²) in [6, 6.07) is 0. The molecule has 1 aliphatic heterocycles. The zero-order valence-corrected chi connectivity index (χ0v) is 5.00. The molecule has 0 atom stereocenters. The van der Waals surface area contributed by atoms with Crippen LogP contribution in [0.1, 0.15) is 6.92 Å². The molecule has 1 heterocycles. The number of nitrogens with one attached hydrogen (secondary N) is 2. The number of hydrogen-bond donors (Lipinski definition) is 3. The highest BCUT2D eigenvalue weighted by Gasteiger charge is 2.16. The Labute approximate surface area is 48.4 Å². The maximum Gasteiger partial charge on any atom is 0.150 e. The first-order valence-corrected chi connectivity index (χ1v) is 2.58. The predicted molar refractivity (Wildman–Crippen MR) is 32.8 cm³/mol. The van der Waals surface area contributed by atoms with E-state index in [9.17, 15) is 0 Å². The first-order chi connectivity index (χ1) is 3.21. The van der Waals surface area contributed by atoms with Crippen molar-refractivity contribution < 1.29 is 0 Å². The van der Waals surface area contributed by atoms with Crippen LogP contribution in [0.5, 0.6) is 0 Å². The number of hydrogen-bond acceptors (Lipinski definition) is 3. The molecule has 0 bridgehead atoms. The van der Waals surface area contributed by atoms with Crippen molar-refractivity contribution in [2.45, 2.75) is 11.9 Å². The van der Waals surface area contributed by atoms with E-state index < -0.39 is 0 Å². The highest BCUT2D eigenvalue weighted by Crippen LogP contribution is 2.06. The maximum atomic E-state index is 4.16. The van der Waals surface area contributed by atoms with Gasteiger partial charge in [-0.1, -0.05) is 0 Å². The monoisotopic (exact) mass is 116 g/mol. The minimum atomic E-state index is -0.222. The third kappa shape index (κ3) is 1.03. The molecule has 0 saturated heterocycles. The highest BCUT2D eigenvalue weighted by atomic mass is 32.1. The Hall–Kier alpha value is -0.310. The second-order valence-corrected chi connectivity index (χ2v) is 2.59. The Kier molecular flexibility index (Phi) is 0.922. The standard InChI is InChI=1S/C4H8N2S/c1-4(7)5-2-3-6-4/h2-3,5-7H,1H3. The smallest absolute Gasteiger partial charge is 0.150 e. The molecule has 0 aromatic heterocycles. The van der Waals surface area contributed by atoms with E-state index in [0.717, 1.165) is 0 Å². The lowest BCUT2D eigenvalue weighted by Gasteiger charge is -2.17. The molecule has 0 spiro atoms. The molecule has 1 aliphatic rings. The van der Waals surface area contributed by atoms with Crippen LogP contribution in [0.25, 0.3) is 0 Å². The zero-order valence-electron chi connectivity index (χ0n) is 4.10. The number of rotatable bonds is 0. The fraction of sp³-hybridized carbons (Fsp3) is 0.500. The van der Waals surface area contributed by atoms with Crippen molar-refractivity contribution in [1.29, 1.82) is 0 Å². The van der Waals surface area contributed by atoms with E-state index in [-0.39, 0.29) is 4.99 Å². The lowest BCUT2D eigenvalue weighted by Crippen LogP contribution is -2.39. The van der Waals surface area contributed by atoms with E-state index in [1.54, 1.807) is 0 Å². The summed E-state index contributed by atoms with van der Waals surface area (Å²) in [4.78, 5) is -0.222. The van der Waals surface area contributed by atoms with Gasteiger partial charge in [-0.15, -0.1) is 12.6 Å². The normalized spacial score (nSPS) is 23.7. The summed E-state index contributed by atoms with van der Waals surface area (Å²) < 4.78 is 0. The second kappa shape index (κ2) is 1.33. The van der Waals surface area contributed by atoms with Crippen molar-refractivity contribution in [1.82, 2.24) is 10.6 Å². The Bertz CT molecular complexity index is 87.9. The SMILES string of the molecule is CC1(S)NC=CN1. The van der Waals surface area contributed by atoms with Crippen molar-refractivity contribution in [3.05, 3.63) is 12.4 Å². The Morgan fingerprint density at radius 3 is 2.00 bits per heavy atom. The number of thiol groups is 1. The van der Waals surface area contributed by atoms with Crippen LogP contribution in [0.4, 0.5) is 0 Å². The van der Waals surface area contributed by atoms with Gasteiger partial charge in [0.1, 0.15) is 4.99 Å². The topological polar surface area (TPSA) is 24.1 Å². The van der Waals surface area contributed by atoms with Gasteiger partial charge in [-0.2, -0.15) is 0 Å². The van der Waals surface area contributed by atoms with Gasteiger partial charge in [0.25, 0.3) is 0 Å². The molecule has 0 radical (unpaired) electrons. The minimum Gasteiger partial charge on any atom is -0.360 e. The van der Waals surface area contributed by atoms with Gasteiger partial charge in [0, 0.05) is 12.4 Å². The van der Waals surface area contributed by atoms with Gasteiger partial charge in [-0.25, -0.2) is 0 Å². The Balaban J connectivity index is 2.49. The van der Waals surface area contributed by atoms with Crippen LogP contribution in [0.2, 0.25) is 0 Å². The predicted octanol–water partition coefficient (Wildman–Crippen LogP) is 0.254. The molecule has 0 saturated carbocycles. The van der Waals surface area contributed by atoms with Gasteiger partial charge in [-0.05, 0) is 6.92 Å². The van der Waals surface area contributed by atoms with Crippen LogP contribution < -0.4 is 10.6 Å². The first kappa shape index (κ1) is 4.84. The van der Waals surface area contributed by atoms with E-state index in [2.05, 4.69) is 23.3 Å². The average molecular weight is 116 g/mol. The van der Waals surface area contributed by atoms with E-state index >= 15 is 0 Å². The van der Waals surface area contributed by atoms with Gasteiger partial charge in [0.2, 0.25) is 0 Å². The van der Waals surface area contributed by atoms with Crippen LogP contribution >= 0.6 is 12.6 Å². The lowest BCUT2D eigenvalue weighted by molar-refractivity contribution is 0.570. The van der Waals surface area contributed by atoms with Crippen molar-refractivity contribution in [2.75, 3.05) is 0 Å². The van der Waals surface area contributed by atoms with Gasteiger partial charge < -0.3 is 10.6 Å². The largest absolute Gasteiger partial charge is 0.360 e. The van der Waals surface area contributed by atoms with Crippen LogP contribution in [0.3, 0.4) is 0 Å². The summed E-state index contributed by atoms with van der Waals surface area (Å²) in [5, 5.41) is 5.94. The second-order valence-electron chi connectivity index (χ2n) is 1.69. The lowest BCUT2D eigenvalue weighted by atomic mass is 10.6. The van der Waals surface area contributed by atoms with E-state index in [1.807, 2.05) is 19.3 Å². The summed E-state index contributed by atoms with van der Waals surface area (Å²) in [6.07, 6.45) is 3.65. The summed E-state index contributed by atoms with van der Waals surface area (Å²) >= 11 is 4.16. The molecule has 0 unspecified atom stereocenters. The molecule has 2 nitrogen and oxygen atoms in total.